The lowest BCUT2D eigenvalue weighted by Crippen LogP contribution is -2.47. The molecular formula is C12H18N2O3S. The predicted molar refractivity (Wildman–Crippen MR) is 69.2 cm³/mol. The van der Waals surface area contributed by atoms with Crippen LogP contribution in [0.2, 0.25) is 0 Å². The average molecular weight is 270 g/mol. The maximum Gasteiger partial charge on any atom is 0.282 e. The Morgan fingerprint density at radius 2 is 1.83 bits per heavy atom. The molecule has 18 heavy (non-hydrogen) atoms. The highest BCUT2D eigenvalue weighted by atomic mass is 32.2. The molecule has 0 atom stereocenters. The highest BCUT2D eigenvalue weighted by Gasteiger charge is 2.28. The molecule has 0 aromatic heterocycles. The molecule has 100 valence electrons. The van der Waals surface area contributed by atoms with Crippen LogP contribution in [0.15, 0.2) is 30.3 Å². The summed E-state index contributed by atoms with van der Waals surface area (Å²) in [6.45, 7) is 2.19. The van der Waals surface area contributed by atoms with Crippen molar-refractivity contribution < 1.29 is 13.2 Å². The molecule has 5 nitrogen and oxygen atoms in total. The van der Waals surface area contributed by atoms with Crippen LogP contribution in [-0.2, 0) is 21.5 Å². The first-order chi connectivity index (χ1) is 8.60. The molecule has 1 saturated heterocycles. The van der Waals surface area contributed by atoms with E-state index in [4.69, 9.17) is 4.74 Å². The van der Waals surface area contributed by atoms with Gasteiger partial charge in [-0.3, -0.25) is 0 Å². The van der Waals surface area contributed by atoms with Gasteiger partial charge in [0.15, 0.2) is 0 Å². The lowest BCUT2D eigenvalue weighted by atomic mass is 10.2. The van der Waals surface area contributed by atoms with Crippen LogP contribution in [0.5, 0.6) is 0 Å². The quantitative estimate of drug-likeness (QED) is 0.809. The normalized spacial score (nSPS) is 18.1. The summed E-state index contributed by atoms with van der Waals surface area (Å²) in [7, 11) is -1.76. The Morgan fingerprint density at radius 1 is 1.22 bits per heavy atom. The van der Waals surface area contributed by atoms with Gasteiger partial charge in [-0.05, 0) is 5.56 Å². The van der Waals surface area contributed by atoms with E-state index >= 15 is 0 Å². The van der Waals surface area contributed by atoms with Crippen LogP contribution < -0.4 is 0 Å². The van der Waals surface area contributed by atoms with E-state index in [1.807, 2.05) is 30.3 Å². The summed E-state index contributed by atoms with van der Waals surface area (Å²) >= 11 is 0. The fourth-order valence-electron chi connectivity index (χ4n) is 1.90. The molecule has 1 aromatic rings. The number of ether oxygens (including phenoxy) is 1. The third-order valence-corrected chi connectivity index (χ3v) is 4.87. The fourth-order valence-corrected chi connectivity index (χ4v) is 3.21. The molecule has 0 saturated carbocycles. The van der Waals surface area contributed by atoms with Crippen molar-refractivity contribution in [1.82, 2.24) is 8.61 Å². The Hall–Kier alpha value is -0.950. The largest absolute Gasteiger partial charge is 0.379 e. The van der Waals surface area contributed by atoms with Crippen molar-refractivity contribution >= 4 is 10.2 Å². The van der Waals surface area contributed by atoms with E-state index in [1.54, 1.807) is 7.05 Å². The third-order valence-electron chi connectivity index (χ3n) is 2.94. The zero-order valence-corrected chi connectivity index (χ0v) is 11.3. The zero-order chi connectivity index (χ0) is 13.0. The summed E-state index contributed by atoms with van der Waals surface area (Å²) in [6, 6.07) is 9.58. The standard InChI is InChI=1S/C12H18N2O3S/c1-13(11-12-5-3-2-4-6-12)18(15,16)14-7-9-17-10-8-14/h2-6H,7-11H2,1H3. The van der Waals surface area contributed by atoms with E-state index in [2.05, 4.69) is 0 Å². The number of nitrogens with zero attached hydrogens (tertiary/aromatic N) is 2. The molecule has 1 aliphatic rings. The summed E-state index contributed by atoms with van der Waals surface area (Å²) in [5.74, 6) is 0. The van der Waals surface area contributed by atoms with Crippen molar-refractivity contribution in [3.05, 3.63) is 35.9 Å². The number of morpholine rings is 1. The monoisotopic (exact) mass is 270 g/mol. The minimum atomic E-state index is -3.37. The van der Waals surface area contributed by atoms with Crippen LogP contribution >= 0.6 is 0 Å². The van der Waals surface area contributed by atoms with Crippen molar-refractivity contribution in [2.45, 2.75) is 6.54 Å². The second-order valence-electron chi connectivity index (χ2n) is 4.26. The van der Waals surface area contributed by atoms with E-state index in [-0.39, 0.29) is 0 Å². The molecule has 0 N–H and O–H groups in total. The molecule has 2 rings (SSSR count). The molecule has 0 aliphatic carbocycles. The zero-order valence-electron chi connectivity index (χ0n) is 10.4. The Balaban J connectivity index is 2.05. The minimum Gasteiger partial charge on any atom is -0.379 e. The summed E-state index contributed by atoms with van der Waals surface area (Å²) in [5, 5.41) is 0. The maximum absolute atomic E-state index is 12.3. The molecule has 0 radical (unpaired) electrons. The van der Waals surface area contributed by atoms with Crippen molar-refractivity contribution in [1.29, 1.82) is 0 Å². The molecule has 0 unspecified atom stereocenters. The topological polar surface area (TPSA) is 49.9 Å². The van der Waals surface area contributed by atoms with E-state index in [0.29, 0.717) is 32.8 Å². The van der Waals surface area contributed by atoms with Crippen LogP contribution in [0.3, 0.4) is 0 Å². The van der Waals surface area contributed by atoms with Gasteiger partial charge in [-0.1, -0.05) is 30.3 Å². The van der Waals surface area contributed by atoms with E-state index in [9.17, 15) is 8.42 Å². The summed E-state index contributed by atoms with van der Waals surface area (Å²) in [5.41, 5.74) is 0.983. The van der Waals surface area contributed by atoms with Crippen LogP contribution in [0.4, 0.5) is 0 Å². The Kier molecular flexibility index (Phi) is 4.34. The first kappa shape index (κ1) is 13.5. The first-order valence-electron chi connectivity index (χ1n) is 5.94. The average Bonchev–Trinajstić information content (AvgIpc) is 2.41. The van der Waals surface area contributed by atoms with E-state index in [0.717, 1.165) is 5.56 Å². The van der Waals surface area contributed by atoms with Gasteiger partial charge in [0.1, 0.15) is 0 Å². The molecule has 1 aromatic carbocycles. The number of benzene rings is 1. The Morgan fingerprint density at radius 3 is 2.44 bits per heavy atom. The number of hydrogen-bond donors (Lipinski definition) is 0. The van der Waals surface area contributed by atoms with Crippen molar-refractivity contribution in [2.75, 3.05) is 33.4 Å². The van der Waals surface area contributed by atoms with Gasteiger partial charge >= 0.3 is 0 Å². The van der Waals surface area contributed by atoms with Gasteiger partial charge in [0.05, 0.1) is 13.2 Å². The van der Waals surface area contributed by atoms with Crippen molar-refractivity contribution in [2.24, 2.45) is 0 Å². The highest BCUT2D eigenvalue weighted by molar-refractivity contribution is 7.86. The maximum atomic E-state index is 12.3. The van der Waals surface area contributed by atoms with E-state index < -0.39 is 10.2 Å². The van der Waals surface area contributed by atoms with Gasteiger partial charge in [-0.25, -0.2) is 0 Å². The lowest BCUT2D eigenvalue weighted by molar-refractivity contribution is 0.0705. The number of rotatable bonds is 4. The Labute approximate surface area is 108 Å². The Bertz CT molecular complexity index is 469. The first-order valence-corrected chi connectivity index (χ1v) is 7.33. The van der Waals surface area contributed by atoms with Gasteiger partial charge in [0, 0.05) is 26.7 Å². The van der Waals surface area contributed by atoms with Crippen LogP contribution in [0.25, 0.3) is 0 Å². The molecule has 1 heterocycles. The van der Waals surface area contributed by atoms with Gasteiger partial charge in [-0.2, -0.15) is 17.0 Å². The van der Waals surface area contributed by atoms with Crippen molar-refractivity contribution in [3.63, 3.8) is 0 Å². The van der Waals surface area contributed by atoms with E-state index in [1.165, 1.54) is 8.61 Å². The number of hydrogen-bond acceptors (Lipinski definition) is 3. The summed E-state index contributed by atoms with van der Waals surface area (Å²) < 4.78 is 32.6. The second kappa shape index (κ2) is 5.79. The molecule has 0 amide bonds. The van der Waals surface area contributed by atoms with Gasteiger partial charge in [0.2, 0.25) is 0 Å². The molecule has 0 bridgehead atoms. The van der Waals surface area contributed by atoms with Crippen LogP contribution in [0, 0.1) is 0 Å². The van der Waals surface area contributed by atoms with Crippen LogP contribution in [-0.4, -0.2) is 50.4 Å². The van der Waals surface area contributed by atoms with Crippen LogP contribution in [0.1, 0.15) is 5.56 Å². The van der Waals surface area contributed by atoms with Gasteiger partial charge in [-0.15, -0.1) is 0 Å². The van der Waals surface area contributed by atoms with Crippen molar-refractivity contribution in [3.8, 4) is 0 Å². The van der Waals surface area contributed by atoms with Gasteiger partial charge in [0.25, 0.3) is 10.2 Å². The lowest BCUT2D eigenvalue weighted by Gasteiger charge is -2.30. The summed E-state index contributed by atoms with van der Waals surface area (Å²) in [4.78, 5) is 0. The minimum absolute atomic E-state index is 0.389. The highest BCUT2D eigenvalue weighted by Crippen LogP contribution is 2.12. The third kappa shape index (κ3) is 3.08. The van der Waals surface area contributed by atoms with Gasteiger partial charge < -0.3 is 4.74 Å². The molecular weight excluding hydrogens is 252 g/mol. The molecule has 6 heteroatoms. The fraction of sp³-hybridized carbons (Fsp3) is 0.500. The molecule has 1 aliphatic heterocycles. The summed E-state index contributed by atoms with van der Waals surface area (Å²) in [6.07, 6.45) is 0. The second-order valence-corrected chi connectivity index (χ2v) is 6.30. The molecule has 1 fully saturated rings. The smallest absolute Gasteiger partial charge is 0.282 e. The molecule has 0 spiro atoms. The predicted octanol–water partition coefficient (Wildman–Crippen LogP) is 0.695. The SMILES string of the molecule is CN(Cc1ccccc1)S(=O)(=O)N1CCOCC1.